The van der Waals surface area contributed by atoms with Crippen LogP contribution < -0.4 is 0 Å². The third kappa shape index (κ3) is 2.93. The number of epoxide rings is 1. The highest BCUT2D eigenvalue weighted by Gasteiger charge is 2.62. The Bertz CT molecular complexity index is 641. The van der Waals surface area contributed by atoms with E-state index in [2.05, 4.69) is 0 Å². The summed E-state index contributed by atoms with van der Waals surface area (Å²) < 4.78 is 34.4. The van der Waals surface area contributed by atoms with Crippen molar-refractivity contribution in [3.63, 3.8) is 0 Å². The van der Waals surface area contributed by atoms with Crippen molar-refractivity contribution in [1.82, 2.24) is 4.90 Å². The lowest BCUT2D eigenvalue weighted by molar-refractivity contribution is -0.156. The van der Waals surface area contributed by atoms with Crippen LogP contribution >= 0.6 is 17.0 Å². The third-order valence-electron chi connectivity index (χ3n) is 5.00. The number of fused-ring (bicyclic) bond motifs is 5. The molecule has 1 aromatic rings. The molecule has 0 spiro atoms. The molecule has 0 aliphatic carbocycles. The van der Waals surface area contributed by atoms with E-state index in [-0.39, 0.29) is 54.0 Å². The number of piperidine rings is 1. The average Bonchev–Trinajstić information content (AvgIpc) is 3.31. The van der Waals surface area contributed by atoms with Crippen molar-refractivity contribution in [1.29, 1.82) is 0 Å². The molecule has 23 heavy (non-hydrogen) atoms. The van der Waals surface area contributed by atoms with Crippen LogP contribution in [0.1, 0.15) is 28.4 Å². The standard InChI is InChI=1S/C17H21NO4.BrH/c1-18-13-7-11(8-14(18)16-15(13)22-16)21-17(20)12(9-19)10-5-3-2-4-6-10;/h2-6,11-16,19H,7-9H2,1H3;1H/t11?,12-,13-,14+,15+,16-;/m1./s1/i1D3;. The number of nitrogens with zero attached hydrogens (tertiary/aromatic N) is 1. The predicted molar refractivity (Wildman–Crippen MR) is 89.7 cm³/mol. The van der Waals surface area contributed by atoms with Gasteiger partial charge in [-0.2, -0.15) is 0 Å². The van der Waals surface area contributed by atoms with Gasteiger partial charge in [0.2, 0.25) is 0 Å². The van der Waals surface area contributed by atoms with Gasteiger partial charge in [-0.05, 0) is 12.5 Å². The first kappa shape index (κ1) is 13.4. The maximum absolute atomic E-state index is 12.5. The average molecular weight is 387 g/mol. The van der Waals surface area contributed by atoms with E-state index in [1.807, 2.05) is 18.2 Å². The molecule has 6 heteroatoms. The molecule has 1 unspecified atom stereocenters. The van der Waals surface area contributed by atoms with Crippen LogP contribution in [0.3, 0.4) is 0 Å². The molecule has 1 aromatic carbocycles. The van der Waals surface area contributed by atoms with Crippen LogP contribution in [0, 0.1) is 0 Å². The van der Waals surface area contributed by atoms with Gasteiger partial charge < -0.3 is 14.6 Å². The van der Waals surface area contributed by atoms with Gasteiger partial charge in [-0.15, -0.1) is 17.0 Å². The Labute approximate surface area is 150 Å². The SMILES string of the molecule is Br.[2H]C([2H])([2H])N1[C@@H]2CC(OC(=O)[C@H](CO)c3ccccc3)C[C@H]1[C@H]1O[C@H]12. The summed E-state index contributed by atoms with van der Waals surface area (Å²) in [6.45, 7) is -2.48. The summed E-state index contributed by atoms with van der Waals surface area (Å²) in [6, 6.07) is 8.56. The van der Waals surface area contributed by atoms with Crippen LogP contribution in [0.4, 0.5) is 0 Å². The molecular weight excluding hydrogens is 362 g/mol. The summed E-state index contributed by atoms with van der Waals surface area (Å²) in [7, 11) is 0. The molecule has 3 fully saturated rings. The number of rotatable bonds is 4. The minimum atomic E-state index is -2.15. The zero-order valence-electron chi connectivity index (χ0n) is 15.5. The number of hydrogen-bond donors (Lipinski definition) is 1. The highest BCUT2D eigenvalue weighted by Crippen LogP contribution is 2.48. The number of esters is 1. The molecule has 0 saturated carbocycles. The lowest BCUT2D eigenvalue weighted by atomic mass is 9.97. The molecule has 3 saturated heterocycles. The summed E-state index contributed by atoms with van der Waals surface area (Å²) in [5.41, 5.74) is 0.712. The van der Waals surface area contributed by atoms with E-state index < -0.39 is 18.9 Å². The fourth-order valence-corrected chi connectivity index (χ4v) is 3.79. The zero-order chi connectivity index (χ0) is 17.8. The number of ether oxygens (including phenoxy) is 2. The second-order valence-electron chi connectivity index (χ2n) is 6.28. The van der Waals surface area contributed by atoms with Crippen molar-refractivity contribution in [3.05, 3.63) is 35.9 Å². The van der Waals surface area contributed by atoms with Gasteiger partial charge in [-0.1, -0.05) is 30.3 Å². The van der Waals surface area contributed by atoms with E-state index >= 15 is 0 Å². The van der Waals surface area contributed by atoms with Crippen molar-refractivity contribution in [2.24, 2.45) is 0 Å². The number of aliphatic hydroxyl groups excluding tert-OH is 1. The van der Waals surface area contributed by atoms with E-state index in [0.717, 1.165) is 0 Å². The predicted octanol–water partition coefficient (Wildman–Crippen LogP) is 1.50. The Morgan fingerprint density at radius 2 is 2.04 bits per heavy atom. The number of hydrogen-bond acceptors (Lipinski definition) is 5. The van der Waals surface area contributed by atoms with Crippen LogP contribution in [0.15, 0.2) is 30.3 Å². The Morgan fingerprint density at radius 1 is 1.39 bits per heavy atom. The van der Waals surface area contributed by atoms with Gasteiger partial charge in [-0.25, -0.2) is 0 Å². The monoisotopic (exact) mass is 386 g/mol. The molecule has 0 aromatic heterocycles. The van der Waals surface area contributed by atoms with Crippen molar-refractivity contribution in [3.8, 4) is 0 Å². The second-order valence-corrected chi connectivity index (χ2v) is 6.28. The Balaban J connectivity index is 0.00000196. The first-order valence-electron chi connectivity index (χ1n) is 9.20. The molecule has 126 valence electrons. The lowest BCUT2D eigenvalue weighted by Gasteiger charge is -2.38. The zero-order valence-corrected chi connectivity index (χ0v) is 14.2. The van der Waals surface area contributed by atoms with Crippen molar-refractivity contribution in [2.45, 2.75) is 49.2 Å². The Morgan fingerprint density at radius 3 is 2.61 bits per heavy atom. The first-order valence-corrected chi connectivity index (χ1v) is 7.70. The van der Waals surface area contributed by atoms with Gasteiger partial charge in [0.05, 0.1) is 6.61 Å². The van der Waals surface area contributed by atoms with Crippen LogP contribution in [0.5, 0.6) is 0 Å². The van der Waals surface area contributed by atoms with Crippen molar-refractivity contribution >= 4 is 23.0 Å². The van der Waals surface area contributed by atoms with Gasteiger partial charge in [-0.3, -0.25) is 9.69 Å². The molecule has 3 aliphatic rings. The molecule has 3 aliphatic heterocycles. The van der Waals surface area contributed by atoms with Gasteiger partial charge >= 0.3 is 5.97 Å². The van der Waals surface area contributed by atoms with Crippen LogP contribution in [0.25, 0.3) is 0 Å². The highest BCUT2D eigenvalue weighted by atomic mass is 79.9. The number of morpholine rings is 1. The van der Waals surface area contributed by atoms with Crippen LogP contribution in [-0.4, -0.2) is 60.0 Å². The second kappa shape index (κ2) is 6.51. The minimum absolute atomic E-state index is 0. The largest absolute Gasteiger partial charge is 0.462 e. The lowest BCUT2D eigenvalue weighted by Crippen LogP contribution is -2.48. The Kier molecular flexibility index (Phi) is 3.78. The molecule has 5 nitrogen and oxygen atoms in total. The minimum Gasteiger partial charge on any atom is -0.462 e. The van der Waals surface area contributed by atoms with Gasteiger partial charge in [0.25, 0.3) is 0 Å². The molecule has 2 bridgehead atoms. The maximum Gasteiger partial charge on any atom is 0.316 e. The molecule has 6 atom stereocenters. The van der Waals surface area contributed by atoms with E-state index in [4.69, 9.17) is 13.6 Å². The molecular formula is C17H22BrNO4. The third-order valence-corrected chi connectivity index (χ3v) is 5.00. The molecule has 1 N–H and O–H groups in total. The van der Waals surface area contributed by atoms with Crippen molar-refractivity contribution in [2.75, 3.05) is 13.6 Å². The topological polar surface area (TPSA) is 62.3 Å². The van der Waals surface area contributed by atoms with Gasteiger partial charge in [0.1, 0.15) is 24.2 Å². The number of halogens is 1. The van der Waals surface area contributed by atoms with Crippen LogP contribution in [-0.2, 0) is 14.3 Å². The van der Waals surface area contributed by atoms with E-state index in [1.165, 1.54) is 0 Å². The summed E-state index contributed by atoms with van der Waals surface area (Å²) in [4.78, 5) is 14.1. The summed E-state index contributed by atoms with van der Waals surface area (Å²) in [5, 5.41) is 9.59. The maximum atomic E-state index is 12.5. The normalized spacial score (nSPS) is 38.3. The molecule has 0 amide bonds. The number of likely N-dealkylation sites (N-methyl/N-ethyl adjacent to an activating group) is 1. The molecule has 4 rings (SSSR count). The van der Waals surface area contributed by atoms with Gasteiger partial charge in [0, 0.05) is 29.0 Å². The van der Waals surface area contributed by atoms with Crippen LogP contribution in [0.2, 0.25) is 0 Å². The summed E-state index contributed by atoms with van der Waals surface area (Å²) in [5.74, 6) is -1.18. The number of carbonyl (C=O) groups is 1. The number of benzene rings is 1. The smallest absolute Gasteiger partial charge is 0.316 e. The molecule has 3 heterocycles. The first-order chi connectivity index (χ1) is 11.9. The van der Waals surface area contributed by atoms with E-state index in [1.54, 1.807) is 17.0 Å². The number of carbonyl (C=O) groups excluding carboxylic acids is 1. The van der Waals surface area contributed by atoms with E-state index in [0.29, 0.717) is 18.4 Å². The highest BCUT2D eigenvalue weighted by molar-refractivity contribution is 8.93. The Hall–Kier alpha value is -0.950. The fraction of sp³-hybridized carbons (Fsp3) is 0.588. The fourth-order valence-electron chi connectivity index (χ4n) is 3.79. The quantitative estimate of drug-likeness (QED) is 0.627. The van der Waals surface area contributed by atoms with E-state index in [9.17, 15) is 9.90 Å². The van der Waals surface area contributed by atoms with Gasteiger partial charge in [0.15, 0.2) is 0 Å². The van der Waals surface area contributed by atoms with Crippen molar-refractivity contribution < 1.29 is 23.5 Å². The number of aliphatic hydroxyl groups is 1. The molecule has 0 radical (unpaired) electrons. The summed E-state index contributed by atoms with van der Waals surface area (Å²) >= 11 is 0. The summed E-state index contributed by atoms with van der Waals surface area (Å²) in [6.07, 6.45) is 0.452.